The van der Waals surface area contributed by atoms with Gasteiger partial charge in [-0.2, -0.15) is 13.2 Å². The fourth-order valence-electron chi connectivity index (χ4n) is 5.68. The number of fused-ring (bicyclic) bond motifs is 1. The molecule has 0 bridgehead atoms. The Kier molecular flexibility index (Phi) is 10.4. The predicted molar refractivity (Wildman–Crippen MR) is 159 cm³/mol. The number of halogens is 3. The Morgan fingerprint density at radius 2 is 1.73 bits per heavy atom. The lowest BCUT2D eigenvalue weighted by molar-refractivity contribution is -0.137. The number of hydrogen-bond donors (Lipinski definition) is 7. The quantitative estimate of drug-likeness (QED) is 0.181. The lowest BCUT2D eigenvalue weighted by Gasteiger charge is -2.37. The monoisotopic (exact) mass is 620 g/mol. The number of carbonyl (C=O) groups excluding carboxylic acids is 2. The number of aliphatic hydroxyl groups is 1. The molecule has 15 heteroatoms. The molecule has 2 aromatic rings. The van der Waals surface area contributed by atoms with Gasteiger partial charge in [-0.05, 0) is 74.0 Å². The van der Waals surface area contributed by atoms with Crippen molar-refractivity contribution >= 4 is 30.1 Å². The topological polar surface area (TPSA) is 189 Å². The number of likely N-dealkylation sites (tertiary alicyclic amines) is 1. The number of nitrogens with two attached hydrogens (primary N) is 3. The van der Waals surface area contributed by atoms with Crippen molar-refractivity contribution < 1.29 is 37.5 Å². The highest BCUT2D eigenvalue weighted by Crippen LogP contribution is 2.31. The Morgan fingerprint density at radius 1 is 1.09 bits per heavy atom. The van der Waals surface area contributed by atoms with Crippen LogP contribution in [0.2, 0.25) is 0 Å². The predicted octanol–water partition coefficient (Wildman–Crippen LogP) is 0.110. The number of amides is 2. The second-order valence-electron chi connectivity index (χ2n) is 12.1. The lowest BCUT2D eigenvalue weighted by atomic mass is 9.78. The second kappa shape index (κ2) is 13.5. The van der Waals surface area contributed by atoms with Crippen LogP contribution in [-0.2, 0) is 32.4 Å². The number of carbonyl (C=O) groups is 2. The summed E-state index contributed by atoms with van der Waals surface area (Å²) in [7, 11) is -1.19. The van der Waals surface area contributed by atoms with Gasteiger partial charge in [0.25, 0.3) is 0 Å². The van der Waals surface area contributed by atoms with Crippen LogP contribution in [0.1, 0.15) is 49.8 Å². The molecule has 5 atom stereocenters. The Labute approximate surface area is 254 Å². The molecule has 1 fully saturated rings. The summed E-state index contributed by atoms with van der Waals surface area (Å²) >= 11 is 0. The molecule has 44 heavy (non-hydrogen) atoms. The molecule has 11 nitrogen and oxygen atoms in total. The molecule has 10 N–H and O–H groups in total. The Balaban J connectivity index is 1.45. The molecule has 2 heterocycles. The summed E-state index contributed by atoms with van der Waals surface area (Å²) in [5.41, 5.74) is 18.5. The molecule has 2 aliphatic rings. The Hall–Kier alpha value is -3.05. The summed E-state index contributed by atoms with van der Waals surface area (Å²) in [6.45, 7) is 4.51. The van der Waals surface area contributed by atoms with E-state index in [0.717, 1.165) is 17.7 Å². The first-order valence-corrected chi connectivity index (χ1v) is 14.5. The fraction of sp³-hybridized carbons (Fsp3) is 0.517. The number of nitrogens with one attached hydrogen (secondary N) is 2. The maximum atomic E-state index is 13.4. The van der Waals surface area contributed by atoms with E-state index >= 15 is 0 Å². The molecule has 0 aromatic heterocycles. The molecule has 0 radical (unpaired) electrons. The normalized spacial score (nSPS) is 22.2. The van der Waals surface area contributed by atoms with Crippen LogP contribution in [0.3, 0.4) is 0 Å². The zero-order chi connectivity index (χ0) is 32.4. The Morgan fingerprint density at radius 3 is 2.34 bits per heavy atom. The third-order valence-electron chi connectivity index (χ3n) is 8.03. The minimum Gasteiger partial charge on any atom is -0.423 e. The van der Waals surface area contributed by atoms with Crippen LogP contribution in [0.4, 0.5) is 18.9 Å². The van der Waals surface area contributed by atoms with E-state index in [2.05, 4.69) is 10.6 Å². The van der Waals surface area contributed by atoms with Crippen LogP contribution in [0.25, 0.3) is 0 Å². The molecule has 2 aliphatic heterocycles. The summed E-state index contributed by atoms with van der Waals surface area (Å²) < 4.78 is 44.8. The van der Waals surface area contributed by atoms with E-state index in [-0.39, 0.29) is 31.3 Å². The highest BCUT2D eigenvalue weighted by atomic mass is 19.4. The van der Waals surface area contributed by atoms with Gasteiger partial charge in [0, 0.05) is 37.3 Å². The molecular formula is C29H40BF3N6O5. The van der Waals surface area contributed by atoms with Gasteiger partial charge in [-0.3, -0.25) is 14.5 Å². The van der Waals surface area contributed by atoms with Crippen molar-refractivity contribution in [3.63, 3.8) is 0 Å². The number of anilines is 1. The van der Waals surface area contributed by atoms with Gasteiger partial charge in [0.15, 0.2) is 0 Å². The summed E-state index contributed by atoms with van der Waals surface area (Å²) in [6, 6.07) is 6.54. The molecule has 4 rings (SSSR count). The van der Waals surface area contributed by atoms with Crippen LogP contribution in [0.5, 0.6) is 0 Å². The zero-order valence-corrected chi connectivity index (χ0v) is 24.7. The maximum absolute atomic E-state index is 13.4. The van der Waals surface area contributed by atoms with Crippen molar-refractivity contribution in [2.24, 2.45) is 17.2 Å². The van der Waals surface area contributed by atoms with E-state index < -0.39 is 54.6 Å². The standard InChI is InChI=1S/C29H40BF3N6O5/c1-28(2)21-8-7-20(13-22(21)30(43)44-28)37-27(42)24(11-16-3-5-17(6-4-16)29(31,32)33)38-26(41)23(36)9-10-25(40)39-14-18(34)12-19(35)15-39/h3-8,13,18-19,23-25,40,43H,9-12,14-15,34-36H2,1-2H3,(H,37,42)(H,38,41)/t18-,19+,23-,24+,25?/m0/s1. The van der Waals surface area contributed by atoms with Gasteiger partial charge >= 0.3 is 13.3 Å². The van der Waals surface area contributed by atoms with E-state index in [0.29, 0.717) is 36.2 Å². The van der Waals surface area contributed by atoms with E-state index in [9.17, 15) is 32.9 Å². The van der Waals surface area contributed by atoms with E-state index in [1.807, 2.05) is 0 Å². The highest BCUT2D eigenvalue weighted by Gasteiger charge is 2.40. The molecule has 1 saturated heterocycles. The lowest BCUT2D eigenvalue weighted by Crippen LogP contribution is -2.55. The van der Waals surface area contributed by atoms with Crippen molar-refractivity contribution in [1.82, 2.24) is 10.2 Å². The zero-order valence-electron chi connectivity index (χ0n) is 24.7. The summed E-state index contributed by atoms with van der Waals surface area (Å²) in [6.07, 6.45) is -4.69. The molecular weight excluding hydrogens is 580 g/mol. The largest absolute Gasteiger partial charge is 0.492 e. The van der Waals surface area contributed by atoms with Crippen LogP contribution >= 0.6 is 0 Å². The average Bonchev–Trinajstić information content (AvgIpc) is 3.17. The molecule has 0 saturated carbocycles. The smallest absolute Gasteiger partial charge is 0.423 e. The molecule has 2 amide bonds. The molecule has 0 aliphatic carbocycles. The number of hydrogen-bond acceptors (Lipinski definition) is 9. The number of alkyl halides is 3. The fourth-order valence-corrected chi connectivity index (χ4v) is 5.68. The Bertz CT molecular complexity index is 1320. The van der Waals surface area contributed by atoms with Crippen molar-refractivity contribution in [2.75, 3.05) is 18.4 Å². The van der Waals surface area contributed by atoms with E-state index in [1.54, 1.807) is 36.9 Å². The molecule has 0 spiro atoms. The first-order valence-electron chi connectivity index (χ1n) is 14.5. The number of piperidine rings is 1. The number of benzene rings is 2. The van der Waals surface area contributed by atoms with Gasteiger partial charge in [-0.15, -0.1) is 0 Å². The third kappa shape index (κ3) is 8.36. The summed E-state index contributed by atoms with van der Waals surface area (Å²) in [4.78, 5) is 28.3. The summed E-state index contributed by atoms with van der Waals surface area (Å²) in [5, 5.41) is 26.3. The van der Waals surface area contributed by atoms with Gasteiger partial charge in [0.05, 0.1) is 17.2 Å². The summed E-state index contributed by atoms with van der Waals surface area (Å²) in [5.74, 6) is -1.31. The van der Waals surface area contributed by atoms with Crippen LogP contribution < -0.4 is 33.3 Å². The molecule has 1 unspecified atom stereocenters. The minimum absolute atomic E-state index is 0.0844. The molecule has 2 aromatic carbocycles. The van der Waals surface area contributed by atoms with E-state index in [1.165, 1.54) is 12.1 Å². The number of nitrogens with zero attached hydrogens (tertiary/aromatic N) is 1. The van der Waals surface area contributed by atoms with Crippen molar-refractivity contribution in [1.29, 1.82) is 0 Å². The average molecular weight is 620 g/mol. The van der Waals surface area contributed by atoms with Gasteiger partial charge < -0.3 is 42.6 Å². The molecule has 240 valence electrons. The minimum atomic E-state index is -4.53. The van der Waals surface area contributed by atoms with Crippen molar-refractivity contribution in [3.8, 4) is 0 Å². The van der Waals surface area contributed by atoms with Crippen molar-refractivity contribution in [2.45, 2.75) is 81.7 Å². The van der Waals surface area contributed by atoms with Gasteiger partial charge in [-0.1, -0.05) is 18.2 Å². The van der Waals surface area contributed by atoms with Gasteiger partial charge in [-0.25, -0.2) is 0 Å². The maximum Gasteiger partial charge on any atom is 0.492 e. The van der Waals surface area contributed by atoms with Crippen LogP contribution in [0.15, 0.2) is 42.5 Å². The third-order valence-corrected chi connectivity index (χ3v) is 8.03. The second-order valence-corrected chi connectivity index (χ2v) is 12.1. The first-order chi connectivity index (χ1) is 20.5. The highest BCUT2D eigenvalue weighted by molar-refractivity contribution is 6.62. The van der Waals surface area contributed by atoms with Crippen LogP contribution in [0, 0.1) is 0 Å². The van der Waals surface area contributed by atoms with Gasteiger partial charge in [0.1, 0.15) is 12.3 Å². The SMILES string of the molecule is CC1(C)OB(O)c2cc(NC(=O)[C@@H](Cc3ccc(C(F)(F)F)cc3)NC(=O)[C@@H](N)CCC(O)N3C[C@H](N)C[C@H](N)C3)ccc21. The van der Waals surface area contributed by atoms with E-state index in [4.69, 9.17) is 21.9 Å². The van der Waals surface area contributed by atoms with Gasteiger partial charge in [0.2, 0.25) is 11.8 Å². The van der Waals surface area contributed by atoms with Crippen LogP contribution in [-0.4, -0.2) is 77.4 Å². The first kappa shape index (κ1) is 33.8. The number of rotatable bonds is 10. The number of aliphatic hydroxyl groups excluding tert-OH is 1. The van der Waals surface area contributed by atoms with Crippen molar-refractivity contribution in [3.05, 3.63) is 59.2 Å².